The number of nitrogen functional groups attached to an aromatic ring is 1. The standard InChI is InChI=1S/C14H19N3O2/c1-18-8-6-12-2-4-14(5-3-12)19-9-7-17-11-13(15)10-16-17/h2-5,10-11H,6-9,15H2,1H3. The highest BCUT2D eigenvalue weighted by Gasteiger charge is 1.98. The number of hydrogen-bond donors (Lipinski definition) is 1. The lowest BCUT2D eigenvalue weighted by Crippen LogP contribution is -2.08. The molecule has 1 aromatic carbocycles. The minimum absolute atomic E-state index is 0.568. The van der Waals surface area contributed by atoms with Gasteiger partial charge in [0.05, 0.1) is 25.0 Å². The molecule has 0 spiro atoms. The van der Waals surface area contributed by atoms with Crippen LogP contribution in [0.3, 0.4) is 0 Å². The molecule has 102 valence electrons. The average molecular weight is 261 g/mol. The van der Waals surface area contributed by atoms with Crippen molar-refractivity contribution < 1.29 is 9.47 Å². The number of hydrogen-bond acceptors (Lipinski definition) is 4. The number of methoxy groups -OCH3 is 1. The first-order chi connectivity index (χ1) is 9.28. The molecule has 0 atom stereocenters. The second-order valence-corrected chi connectivity index (χ2v) is 4.27. The van der Waals surface area contributed by atoms with Crippen molar-refractivity contribution in [2.24, 2.45) is 0 Å². The molecule has 0 unspecified atom stereocenters. The lowest BCUT2D eigenvalue weighted by atomic mass is 10.1. The fourth-order valence-electron chi connectivity index (χ4n) is 1.73. The number of nitrogens with zero attached hydrogens (tertiary/aromatic N) is 2. The topological polar surface area (TPSA) is 62.3 Å². The van der Waals surface area contributed by atoms with E-state index in [-0.39, 0.29) is 0 Å². The number of ether oxygens (including phenoxy) is 2. The van der Waals surface area contributed by atoms with E-state index in [1.54, 1.807) is 24.2 Å². The van der Waals surface area contributed by atoms with Gasteiger partial charge in [0.25, 0.3) is 0 Å². The van der Waals surface area contributed by atoms with Crippen LogP contribution in [0.2, 0.25) is 0 Å². The number of nitrogens with two attached hydrogens (primary N) is 1. The number of anilines is 1. The summed E-state index contributed by atoms with van der Waals surface area (Å²) in [4.78, 5) is 0. The molecule has 5 nitrogen and oxygen atoms in total. The molecule has 0 saturated carbocycles. The van der Waals surface area contributed by atoms with Crippen molar-refractivity contribution in [1.29, 1.82) is 0 Å². The Bertz CT molecular complexity index is 494. The zero-order valence-electron chi connectivity index (χ0n) is 11.1. The van der Waals surface area contributed by atoms with Gasteiger partial charge in [0, 0.05) is 13.3 Å². The van der Waals surface area contributed by atoms with Gasteiger partial charge in [-0.05, 0) is 24.1 Å². The van der Waals surface area contributed by atoms with Crippen LogP contribution in [0.15, 0.2) is 36.7 Å². The van der Waals surface area contributed by atoms with Crippen molar-refractivity contribution >= 4 is 5.69 Å². The molecule has 1 aromatic heterocycles. The zero-order valence-corrected chi connectivity index (χ0v) is 11.1. The van der Waals surface area contributed by atoms with Crippen molar-refractivity contribution in [1.82, 2.24) is 9.78 Å². The van der Waals surface area contributed by atoms with E-state index in [2.05, 4.69) is 17.2 Å². The van der Waals surface area contributed by atoms with E-state index in [0.29, 0.717) is 18.8 Å². The highest BCUT2D eigenvalue weighted by Crippen LogP contribution is 2.12. The monoisotopic (exact) mass is 261 g/mol. The summed E-state index contributed by atoms with van der Waals surface area (Å²) in [6.07, 6.45) is 4.34. The predicted octanol–water partition coefficient (Wildman–Crippen LogP) is 1.73. The van der Waals surface area contributed by atoms with Crippen molar-refractivity contribution in [2.45, 2.75) is 13.0 Å². The second-order valence-electron chi connectivity index (χ2n) is 4.27. The number of benzene rings is 1. The van der Waals surface area contributed by atoms with Gasteiger partial charge in [-0.2, -0.15) is 5.10 Å². The highest BCUT2D eigenvalue weighted by molar-refractivity contribution is 5.30. The van der Waals surface area contributed by atoms with Crippen LogP contribution >= 0.6 is 0 Å². The predicted molar refractivity (Wildman–Crippen MR) is 74.2 cm³/mol. The van der Waals surface area contributed by atoms with Gasteiger partial charge in [-0.3, -0.25) is 4.68 Å². The zero-order chi connectivity index (χ0) is 13.5. The van der Waals surface area contributed by atoms with Crippen molar-refractivity contribution in [2.75, 3.05) is 26.1 Å². The fourth-order valence-corrected chi connectivity index (χ4v) is 1.73. The van der Waals surface area contributed by atoms with Crippen LogP contribution in [-0.4, -0.2) is 30.1 Å². The molecule has 0 saturated heterocycles. The molecule has 2 N–H and O–H groups in total. The molecule has 2 rings (SSSR count). The third kappa shape index (κ3) is 4.30. The highest BCUT2D eigenvalue weighted by atomic mass is 16.5. The van der Waals surface area contributed by atoms with Crippen LogP contribution in [0.4, 0.5) is 5.69 Å². The Kier molecular flexibility index (Phi) is 4.80. The fraction of sp³-hybridized carbons (Fsp3) is 0.357. The van der Waals surface area contributed by atoms with Gasteiger partial charge in [0.15, 0.2) is 0 Å². The summed E-state index contributed by atoms with van der Waals surface area (Å²) in [5.41, 5.74) is 7.50. The van der Waals surface area contributed by atoms with E-state index in [1.807, 2.05) is 12.1 Å². The van der Waals surface area contributed by atoms with Gasteiger partial charge in [-0.25, -0.2) is 0 Å². The molecule has 5 heteroatoms. The maximum Gasteiger partial charge on any atom is 0.119 e. The number of rotatable bonds is 7. The Morgan fingerprint density at radius 1 is 1.21 bits per heavy atom. The molecule has 0 fully saturated rings. The van der Waals surface area contributed by atoms with E-state index in [9.17, 15) is 0 Å². The molecule has 0 amide bonds. The normalized spacial score (nSPS) is 10.6. The molecule has 1 heterocycles. The van der Waals surface area contributed by atoms with E-state index in [1.165, 1.54) is 5.56 Å². The lowest BCUT2D eigenvalue weighted by Gasteiger charge is -2.07. The third-order valence-electron chi connectivity index (χ3n) is 2.76. The van der Waals surface area contributed by atoms with Crippen LogP contribution in [0.25, 0.3) is 0 Å². The van der Waals surface area contributed by atoms with Gasteiger partial charge >= 0.3 is 0 Å². The second kappa shape index (κ2) is 6.80. The van der Waals surface area contributed by atoms with Gasteiger partial charge in [0.1, 0.15) is 12.4 Å². The SMILES string of the molecule is COCCc1ccc(OCCn2cc(N)cn2)cc1. The maximum absolute atomic E-state index is 5.65. The van der Waals surface area contributed by atoms with Crippen molar-refractivity contribution in [3.63, 3.8) is 0 Å². The maximum atomic E-state index is 5.65. The molecule has 19 heavy (non-hydrogen) atoms. The first-order valence-corrected chi connectivity index (χ1v) is 6.26. The van der Waals surface area contributed by atoms with Crippen molar-refractivity contribution in [3.05, 3.63) is 42.2 Å². The summed E-state index contributed by atoms with van der Waals surface area (Å²) < 4.78 is 12.5. The van der Waals surface area contributed by atoms with Crippen LogP contribution in [-0.2, 0) is 17.7 Å². The lowest BCUT2D eigenvalue weighted by molar-refractivity contribution is 0.202. The third-order valence-corrected chi connectivity index (χ3v) is 2.76. The van der Waals surface area contributed by atoms with E-state index in [0.717, 1.165) is 18.8 Å². The molecule has 0 aliphatic rings. The van der Waals surface area contributed by atoms with Gasteiger partial charge in [-0.15, -0.1) is 0 Å². The summed E-state index contributed by atoms with van der Waals surface area (Å²) in [6.45, 7) is 1.99. The van der Waals surface area contributed by atoms with Crippen molar-refractivity contribution in [3.8, 4) is 5.75 Å². The first kappa shape index (κ1) is 13.4. The van der Waals surface area contributed by atoms with Crippen LogP contribution in [0.5, 0.6) is 5.75 Å². The molecule has 0 bridgehead atoms. The summed E-state index contributed by atoms with van der Waals surface area (Å²) >= 11 is 0. The largest absolute Gasteiger partial charge is 0.492 e. The Hall–Kier alpha value is -2.01. The summed E-state index contributed by atoms with van der Waals surface area (Å²) in [7, 11) is 1.71. The molecular weight excluding hydrogens is 242 g/mol. The summed E-state index contributed by atoms with van der Waals surface area (Å²) in [5, 5.41) is 4.09. The summed E-state index contributed by atoms with van der Waals surface area (Å²) in [6, 6.07) is 8.06. The molecule has 0 aliphatic carbocycles. The Balaban J connectivity index is 1.76. The smallest absolute Gasteiger partial charge is 0.119 e. The van der Waals surface area contributed by atoms with E-state index in [4.69, 9.17) is 15.2 Å². The van der Waals surface area contributed by atoms with E-state index >= 15 is 0 Å². The van der Waals surface area contributed by atoms with Crippen LogP contribution in [0.1, 0.15) is 5.56 Å². The van der Waals surface area contributed by atoms with Gasteiger partial charge in [-0.1, -0.05) is 12.1 Å². The molecule has 2 aromatic rings. The Morgan fingerprint density at radius 3 is 2.63 bits per heavy atom. The molecular formula is C14H19N3O2. The minimum Gasteiger partial charge on any atom is -0.492 e. The molecule has 0 aliphatic heterocycles. The van der Waals surface area contributed by atoms with Gasteiger partial charge in [0.2, 0.25) is 0 Å². The quantitative estimate of drug-likeness (QED) is 0.824. The van der Waals surface area contributed by atoms with E-state index < -0.39 is 0 Å². The van der Waals surface area contributed by atoms with Crippen LogP contribution in [0, 0.1) is 0 Å². The summed E-state index contributed by atoms with van der Waals surface area (Å²) in [5.74, 6) is 0.862. The first-order valence-electron chi connectivity index (χ1n) is 6.26. The Labute approximate surface area is 112 Å². The van der Waals surface area contributed by atoms with Crippen LogP contribution < -0.4 is 10.5 Å². The average Bonchev–Trinajstić information content (AvgIpc) is 2.84. The minimum atomic E-state index is 0.568. The Morgan fingerprint density at radius 2 is 2.00 bits per heavy atom. The van der Waals surface area contributed by atoms with Gasteiger partial charge < -0.3 is 15.2 Å². The molecule has 0 radical (unpaired) electrons. The number of aromatic nitrogens is 2.